The van der Waals surface area contributed by atoms with Crippen molar-refractivity contribution in [2.75, 3.05) is 6.54 Å². The smallest absolute Gasteiger partial charge is 0.257 e. The molecule has 0 bridgehead atoms. The Morgan fingerprint density at radius 3 is 2.25 bits per heavy atom. The molecule has 2 atom stereocenters. The molecule has 0 saturated heterocycles. The van der Waals surface area contributed by atoms with Gasteiger partial charge >= 0.3 is 0 Å². The van der Waals surface area contributed by atoms with Gasteiger partial charge in [-0.1, -0.05) is 19.9 Å². The van der Waals surface area contributed by atoms with Gasteiger partial charge in [0.05, 0.1) is 0 Å². The molecule has 1 fully saturated rings. The van der Waals surface area contributed by atoms with E-state index in [1.54, 1.807) is 13.8 Å². The number of hydrogen-bond acceptors (Lipinski definition) is 3. The molecular formula is C17H23F2N3O2. The van der Waals surface area contributed by atoms with Gasteiger partial charge in [0, 0.05) is 12.6 Å². The van der Waals surface area contributed by atoms with Crippen molar-refractivity contribution in [2.24, 2.45) is 17.6 Å². The van der Waals surface area contributed by atoms with Gasteiger partial charge in [-0.25, -0.2) is 8.78 Å². The Labute approximate surface area is 140 Å². The summed E-state index contributed by atoms with van der Waals surface area (Å²) in [5.74, 6) is -3.15. The van der Waals surface area contributed by atoms with E-state index in [9.17, 15) is 18.4 Å². The van der Waals surface area contributed by atoms with Crippen LogP contribution in [0.5, 0.6) is 0 Å². The number of benzene rings is 1. The second kappa shape index (κ2) is 7.70. The molecule has 0 aliphatic heterocycles. The summed E-state index contributed by atoms with van der Waals surface area (Å²) in [6, 6.07) is 2.14. The maximum absolute atomic E-state index is 13.7. The third-order valence-electron chi connectivity index (χ3n) is 4.20. The molecule has 132 valence electrons. The van der Waals surface area contributed by atoms with Crippen molar-refractivity contribution in [1.29, 1.82) is 0 Å². The van der Waals surface area contributed by atoms with Gasteiger partial charge in [0.15, 0.2) is 0 Å². The minimum atomic E-state index is -0.965. The molecule has 0 radical (unpaired) electrons. The number of carbonyl (C=O) groups is 2. The van der Waals surface area contributed by atoms with Crippen LogP contribution in [0.4, 0.5) is 8.78 Å². The Bertz CT molecular complexity index is 598. The molecular weight excluding hydrogens is 316 g/mol. The molecule has 1 aliphatic carbocycles. The molecule has 5 nitrogen and oxygen atoms in total. The third kappa shape index (κ3) is 4.29. The molecule has 0 spiro atoms. The Morgan fingerprint density at radius 1 is 1.21 bits per heavy atom. The first-order valence-electron chi connectivity index (χ1n) is 8.10. The van der Waals surface area contributed by atoms with Gasteiger partial charge in [0.25, 0.3) is 5.91 Å². The van der Waals surface area contributed by atoms with E-state index >= 15 is 0 Å². The van der Waals surface area contributed by atoms with E-state index in [0.717, 1.165) is 25.0 Å². The van der Waals surface area contributed by atoms with E-state index in [4.69, 9.17) is 5.73 Å². The number of nitrogens with one attached hydrogen (secondary N) is 2. The Hall–Kier alpha value is -2.02. The Morgan fingerprint density at radius 2 is 1.79 bits per heavy atom. The molecule has 7 heteroatoms. The van der Waals surface area contributed by atoms with Crippen molar-refractivity contribution < 1.29 is 18.4 Å². The summed E-state index contributed by atoms with van der Waals surface area (Å²) in [5.41, 5.74) is 4.98. The van der Waals surface area contributed by atoms with Crippen molar-refractivity contribution in [1.82, 2.24) is 10.6 Å². The number of amides is 2. The summed E-state index contributed by atoms with van der Waals surface area (Å²) in [5, 5.41) is 5.26. The SMILES string of the molecule is CC(C)C(NC(=O)c1c(F)cccc1F)C(=O)NC(CN)C1CC1. The molecule has 2 unspecified atom stereocenters. The molecule has 1 aromatic carbocycles. The largest absolute Gasteiger partial charge is 0.350 e. The zero-order valence-corrected chi connectivity index (χ0v) is 13.8. The predicted molar refractivity (Wildman–Crippen MR) is 86.2 cm³/mol. The highest BCUT2D eigenvalue weighted by molar-refractivity contribution is 5.98. The maximum Gasteiger partial charge on any atom is 0.257 e. The Balaban J connectivity index is 2.10. The Kier molecular flexibility index (Phi) is 5.88. The highest BCUT2D eigenvalue weighted by Crippen LogP contribution is 2.32. The summed E-state index contributed by atoms with van der Waals surface area (Å²) in [4.78, 5) is 24.7. The summed E-state index contributed by atoms with van der Waals surface area (Å²) in [6.45, 7) is 3.81. The first-order valence-corrected chi connectivity index (χ1v) is 8.10. The molecule has 1 aliphatic rings. The highest BCUT2D eigenvalue weighted by atomic mass is 19.1. The standard InChI is InChI=1S/C17H23F2N3O2/c1-9(2)15(17(24)21-13(8-20)10-6-7-10)22-16(23)14-11(18)4-3-5-12(14)19/h3-5,9-10,13,15H,6-8,20H2,1-2H3,(H,21,24)(H,22,23). The molecule has 24 heavy (non-hydrogen) atoms. The van der Waals surface area contributed by atoms with Crippen LogP contribution in [0.15, 0.2) is 18.2 Å². The molecule has 0 aromatic heterocycles. The summed E-state index contributed by atoms with van der Waals surface area (Å²) >= 11 is 0. The molecule has 2 amide bonds. The van der Waals surface area contributed by atoms with E-state index < -0.39 is 35.1 Å². The number of rotatable bonds is 7. The van der Waals surface area contributed by atoms with Crippen LogP contribution in [0, 0.1) is 23.5 Å². The van der Waals surface area contributed by atoms with Gasteiger partial charge < -0.3 is 16.4 Å². The highest BCUT2D eigenvalue weighted by Gasteiger charge is 2.34. The minimum Gasteiger partial charge on any atom is -0.350 e. The van der Waals surface area contributed by atoms with Crippen molar-refractivity contribution >= 4 is 11.8 Å². The first-order chi connectivity index (χ1) is 11.3. The fraction of sp³-hybridized carbons (Fsp3) is 0.529. The summed E-state index contributed by atoms with van der Waals surface area (Å²) in [6.07, 6.45) is 2.03. The quantitative estimate of drug-likeness (QED) is 0.705. The molecule has 4 N–H and O–H groups in total. The van der Waals surface area contributed by atoms with E-state index in [1.807, 2.05) is 0 Å². The van der Waals surface area contributed by atoms with Crippen LogP contribution < -0.4 is 16.4 Å². The van der Waals surface area contributed by atoms with Crippen molar-refractivity contribution in [3.8, 4) is 0 Å². The van der Waals surface area contributed by atoms with Crippen LogP contribution in [-0.4, -0.2) is 30.4 Å². The summed E-state index contributed by atoms with van der Waals surface area (Å²) in [7, 11) is 0. The second-order valence-corrected chi connectivity index (χ2v) is 6.48. The van der Waals surface area contributed by atoms with Crippen LogP contribution in [0.25, 0.3) is 0 Å². The molecule has 2 rings (SSSR count). The van der Waals surface area contributed by atoms with E-state index in [-0.39, 0.29) is 12.0 Å². The minimum absolute atomic E-state index is 0.138. The van der Waals surface area contributed by atoms with Crippen LogP contribution in [0.1, 0.15) is 37.0 Å². The van der Waals surface area contributed by atoms with Crippen LogP contribution in [0.2, 0.25) is 0 Å². The van der Waals surface area contributed by atoms with Gasteiger partial charge in [-0.05, 0) is 36.8 Å². The van der Waals surface area contributed by atoms with Crippen LogP contribution in [0.3, 0.4) is 0 Å². The van der Waals surface area contributed by atoms with Crippen molar-refractivity contribution in [3.63, 3.8) is 0 Å². The topological polar surface area (TPSA) is 84.2 Å². The van der Waals surface area contributed by atoms with Crippen LogP contribution >= 0.6 is 0 Å². The van der Waals surface area contributed by atoms with Gasteiger partial charge in [-0.2, -0.15) is 0 Å². The maximum atomic E-state index is 13.7. The molecule has 1 aromatic rings. The predicted octanol–water partition coefficient (Wildman–Crippen LogP) is 1.57. The van der Waals surface area contributed by atoms with E-state index in [1.165, 1.54) is 6.07 Å². The number of halogens is 2. The number of carbonyl (C=O) groups excluding carboxylic acids is 2. The van der Waals surface area contributed by atoms with Gasteiger partial charge in [-0.3, -0.25) is 9.59 Å². The first kappa shape index (κ1) is 18.3. The lowest BCUT2D eigenvalue weighted by atomic mass is 10.0. The zero-order chi connectivity index (χ0) is 17.9. The average Bonchev–Trinajstić information content (AvgIpc) is 3.34. The van der Waals surface area contributed by atoms with Crippen molar-refractivity contribution in [2.45, 2.75) is 38.8 Å². The number of hydrogen-bond donors (Lipinski definition) is 3. The van der Waals surface area contributed by atoms with Crippen molar-refractivity contribution in [3.05, 3.63) is 35.4 Å². The molecule has 1 saturated carbocycles. The van der Waals surface area contributed by atoms with E-state index in [2.05, 4.69) is 10.6 Å². The van der Waals surface area contributed by atoms with Gasteiger partial charge in [0.1, 0.15) is 23.2 Å². The normalized spacial score (nSPS) is 16.6. The lowest BCUT2D eigenvalue weighted by molar-refractivity contribution is -0.124. The van der Waals surface area contributed by atoms with Crippen LogP contribution in [-0.2, 0) is 4.79 Å². The average molecular weight is 339 g/mol. The monoisotopic (exact) mass is 339 g/mol. The summed E-state index contributed by atoms with van der Waals surface area (Å²) < 4.78 is 27.4. The molecule has 0 heterocycles. The lowest BCUT2D eigenvalue weighted by Gasteiger charge is -2.25. The van der Waals surface area contributed by atoms with Gasteiger partial charge in [-0.15, -0.1) is 0 Å². The lowest BCUT2D eigenvalue weighted by Crippen LogP contribution is -2.54. The third-order valence-corrected chi connectivity index (χ3v) is 4.20. The number of nitrogens with two attached hydrogens (primary N) is 1. The van der Waals surface area contributed by atoms with E-state index in [0.29, 0.717) is 12.5 Å². The zero-order valence-electron chi connectivity index (χ0n) is 13.8. The fourth-order valence-electron chi connectivity index (χ4n) is 2.60. The fourth-order valence-corrected chi connectivity index (χ4v) is 2.60. The van der Waals surface area contributed by atoms with Gasteiger partial charge in [0.2, 0.25) is 5.91 Å². The second-order valence-electron chi connectivity index (χ2n) is 6.48.